The number of hydrogen-bond acceptors (Lipinski definition) is 5. The Labute approximate surface area is 101 Å². The van der Waals surface area contributed by atoms with E-state index >= 15 is 0 Å². The Morgan fingerprint density at radius 3 is 2.59 bits per heavy atom. The van der Waals surface area contributed by atoms with Gasteiger partial charge in [-0.3, -0.25) is 0 Å². The lowest BCUT2D eigenvalue weighted by Crippen LogP contribution is -2.08. The number of unbranched alkanes of at least 4 members (excludes halogenated alkanes) is 2. The normalized spacial score (nSPS) is 9.41. The molecule has 0 fully saturated rings. The zero-order valence-electron chi connectivity index (χ0n) is 10.1. The summed E-state index contributed by atoms with van der Waals surface area (Å²) in [7, 11) is 0. The summed E-state index contributed by atoms with van der Waals surface area (Å²) in [5.41, 5.74) is 2.19. The molecule has 0 saturated heterocycles. The molecule has 0 bridgehead atoms. The molecule has 5 heteroatoms. The Morgan fingerprint density at radius 1 is 1.18 bits per heavy atom. The van der Waals surface area contributed by atoms with Crippen LogP contribution in [0, 0.1) is 36.5 Å². The van der Waals surface area contributed by atoms with Crippen LogP contribution in [0.5, 0.6) is 0 Å². The van der Waals surface area contributed by atoms with Crippen molar-refractivity contribution < 1.29 is 0 Å². The molecule has 0 amide bonds. The first-order valence-corrected chi connectivity index (χ1v) is 5.55. The lowest BCUT2D eigenvalue weighted by Gasteiger charge is -2.08. The van der Waals surface area contributed by atoms with Crippen molar-refractivity contribution in [1.82, 2.24) is 10.2 Å². The van der Waals surface area contributed by atoms with E-state index in [2.05, 4.69) is 27.7 Å². The Balaban J connectivity index is 2.64. The van der Waals surface area contributed by atoms with Gasteiger partial charge in [-0.2, -0.15) is 15.6 Å². The third-order valence-corrected chi connectivity index (χ3v) is 2.57. The van der Waals surface area contributed by atoms with Crippen LogP contribution in [0.15, 0.2) is 0 Å². The largest absolute Gasteiger partial charge is 0.367 e. The summed E-state index contributed by atoms with van der Waals surface area (Å²) < 4.78 is 0. The summed E-state index contributed by atoms with van der Waals surface area (Å²) in [6.45, 7) is 4.40. The average Bonchev–Trinajstić information content (AvgIpc) is 2.33. The van der Waals surface area contributed by atoms with Crippen molar-refractivity contribution in [2.75, 3.05) is 11.9 Å². The fourth-order valence-electron chi connectivity index (χ4n) is 1.40. The molecule has 5 nitrogen and oxygen atoms in total. The highest BCUT2D eigenvalue weighted by molar-refractivity contribution is 5.55. The summed E-state index contributed by atoms with van der Waals surface area (Å²) in [6.07, 6.45) is 2.29. The molecule has 1 aromatic rings. The first-order chi connectivity index (χ1) is 8.20. The highest BCUT2D eigenvalue weighted by Crippen LogP contribution is 2.16. The van der Waals surface area contributed by atoms with Crippen LogP contribution in [0.2, 0.25) is 0 Å². The molecule has 0 saturated carbocycles. The second-order valence-corrected chi connectivity index (χ2v) is 3.79. The van der Waals surface area contributed by atoms with Gasteiger partial charge in [0.1, 0.15) is 11.6 Å². The Kier molecular flexibility index (Phi) is 4.90. The molecule has 0 radical (unpaired) electrons. The highest BCUT2D eigenvalue weighted by Gasteiger charge is 2.09. The predicted molar refractivity (Wildman–Crippen MR) is 64.2 cm³/mol. The van der Waals surface area contributed by atoms with Gasteiger partial charge in [-0.25, -0.2) is 0 Å². The molecule has 1 N–H and O–H groups in total. The second-order valence-electron chi connectivity index (χ2n) is 3.79. The number of hydrogen-bond donors (Lipinski definition) is 1. The number of rotatable bonds is 5. The average molecular weight is 229 g/mol. The second kappa shape index (κ2) is 6.44. The molecule has 17 heavy (non-hydrogen) atoms. The Hall–Kier alpha value is -2.14. The van der Waals surface area contributed by atoms with Gasteiger partial charge >= 0.3 is 0 Å². The van der Waals surface area contributed by atoms with Crippen LogP contribution in [-0.4, -0.2) is 16.7 Å². The van der Waals surface area contributed by atoms with Crippen molar-refractivity contribution in [3.63, 3.8) is 0 Å². The maximum absolute atomic E-state index is 9.06. The van der Waals surface area contributed by atoms with E-state index in [-0.39, 0.29) is 0 Å². The van der Waals surface area contributed by atoms with E-state index in [1.165, 1.54) is 0 Å². The van der Waals surface area contributed by atoms with Crippen molar-refractivity contribution in [2.45, 2.75) is 33.1 Å². The van der Waals surface area contributed by atoms with Gasteiger partial charge in [0.25, 0.3) is 0 Å². The lowest BCUT2D eigenvalue weighted by molar-refractivity contribution is 0.779. The molecule has 88 valence electrons. The van der Waals surface area contributed by atoms with Crippen LogP contribution in [0.1, 0.15) is 36.1 Å². The van der Waals surface area contributed by atoms with Crippen molar-refractivity contribution in [1.29, 1.82) is 10.5 Å². The van der Waals surface area contributed by atoms with E-state index < -0.39 is 0 Å². The number of aromatic nitrogens is 2. The van der Waals surface area contributed by atoms with Gasteiger partial charge in [0.05, 0.1) is 11.8 Å². The molecule has 1 aromatic heterocycles. The standard InChI is InChI=1S/C12H15N5/c1-9-10(2)16-17-12(11(9)8-14)15-7-5-3-4-6-13/h3-5,7H2,1-2H3,(H,15,17). The zero-order chi connectivity index (χ0) is 12.7. The quantitative estimate of drug-likeness (QED) is 0.781. The molecule has 0 atom stereocenters. The molecule has 0 spiro atoms. The summed E-state index contributed by atoms with van der Waals surface area (Å²) in [5, 5.41) is 28.5. The molecule has 1 heterocycles. The lowest BCUT2D eigenvalue weighted by atomic mass is 10.1. The molecular formula is C12H15N5. The van der Waals surface area contributed by atoms with Crippen LogP contribution in [0.3, 0.4) is 0 Å². The molecule has 0 unspecified atom stereocenters. The number of nitriles is 2. The molecule has 0 aromatic carbocycles. The minimum Gasteiger partial charge on any atom is -0.367 e. The minimum absolute atomic E-state index is 0.535. The minimum atomic E-state index is 0.535. The fraction of sp³-hybridized carbons (Fsp3) is 0.500. The smallest absolute Gasteiger partial charge is 0.166 e. The van der Waals surface area contributed by atoms with Crippen LogP contribution in [0.25, 0.3) is 0 Å². The number of anilines is 1. The monoisotopic (exact) mass is 229 g/mol. The van der Waals surface area contributed by atoms with Gasteiger partial charge in [-0.05, 0) is 32.3 Å². The van der Waals surface area contributed by atoms with Gasteiger partial charge in [-0.1, -0.05) is 0 Å². The van der Waals surface area contributed by atoms with Gasteiger partial charge in [0.15, 0.2) is 5.82 Å². The van der Waals surface area contributed by atoms with Crippen molar-refractivity contribution in [3.05, 3.63) is 16.8 Å². The molecule has 1 rings (SSSR count). The molecule has 0 aliphatic rings. The number of aryl methyl sites for hydroxylation is 1. The third-order valence-electron chi connectivity index (χ3n) is 2.57. The van der Waals surface area contributed by atoms with E-state index in [1.54, 1.807) is 0 Å². The Morgan fingerprint density at radius 2 is 1.94 bits per heavy atom. The van der Waals surface area contributed by atoms with Crippen molar-refractivity contribution in [3.8, 4) is 12.1 Å². The first-order valence-electron chi connectivity index (χ1n) is 5.55. The van der Waals surface area contributed by atoms with E-state index in [1.807, 2.05) is 13.8 Å². The van der Waals surface area contributed by atoms with Crippen LogP contribution in [0.4, 0.5) is 5.82 Å². The van der Waals surface area contributed by atoms with Crippen LogP contribution < -0.4 is 5.32 Å². The maximum atomic E-state index is 9.06. The fourth-order valence-corrected chi connectivity index (χ4v) is 1.40. The summed E-state index contributed by atoms with van der Waals surface area (Å²) in [6, 6.07) is 4.24. The van der Waals surface area contributed by atoms with E-state index in [9.17, 15) is 0 Å². The van der Waals surface area contributed by atoms with E-state index in [4.69, 9.17) is 10.5 Å². The molecular weight excluding hydrogens is 214 g/mol. The highest BCUT2D eigenvalue weighted by atomic mass is 15.2. The molecule has 0 aliphatic carbocycles. The van der Waals surface area contributed by atoms with Gasteiger partial charge in [-0.15, -0.1) is 5.10 Å². The van der Waals surface area contributed by atoms with Crippen LogP contribution in [-0.2, 0) is 0 Å². The Bertz CT molecular complexity index is 467. The molecule has 0 aliphatic heterocycles. The first kappa shape index (κ1) is 12.9. The van der Waals surface area contributed by atoms with Crippen molar-refractivity contribution in [2.24, 2.45) is 0 Å². The number of nitrogens with one attached hydrogen (secondary N) is 1. The van der Waals surface area contributed by atoms with E-state index in [0.29, 0.717) is 24.3 Å². The van der Waals surface area contributed by atoms with E-state index in [0.717, 1.165) is 24.1 Å². The maximum Gasteiger partial charge on any atom is 0.166 e. The predicted octanol–water partition coefficient (Wildman–Crippen LogP) is 2.07. The zero-order valence-corrected chi connectivity index (χ0v) is 10.1. The summed E-state index contributed by atoms with van der Waals surface area (Å²) in [4.78, 5) is 0. The van der Waals surface area contributed by atoms with Gasteiger partial charge in [0, 0.05) is 13.0 Å². The van der Waals surface area contributed by atoms with Crippen LogP contribution >= 0.6 is 0 Å². The van der Waals surface area contributed by atoms with Crippen molar-refractivity contribution >= 4 is 5.82 Å². The van der Waals surface area contributed by atoms with Gasteiger partial charge in [0.2, 0.25) is 0 Å². The third kappa shape index (κ3) is 3.42. The summed E-state index contributed by atoms with van der Waals surface area (Å²) in [5.74, 6) is 0.535. The SMILES string of the molecule is Cc1nnc(NCCCCC#N)c(C#N)c1C. The topological polar surface area (TPSA) is 85.4 Å². The number of nitrogens with zero attached hydrogens (tertiary/aromatic N) is 4. The summed E-state index contributed by atoms with van der Waals surface area (Å²) >= 11 is 0. The van der Waals surface area contributed by atoms with Gasteiger partial charge < -0.3 is 5.32 Å².